The van der Waals surface area contributed by atoms with Crippen LogP contribution >= 0.6 is 11.3 Å². The second-order valence-corrected chi connectivity index (χ2v) is 9.16. The van der Waals surface area contributed by atoms with E-state index >= 15 is 0 Å². The predicted octanol–water partition coefficient (Wildman–Crippen LogP) is 4.82. The summed E-state index contributed by atoms with van der Waals surface area (Å²) in [6.45, 7) is 2.07. The van der Waals surface area contributed by atoms with Gasteiger partial charge in [0.2, 0.25) is 0 Å². The summed E-state index contributed by atoms with van der Waals surface area (Å²) in [6, 6.07) is 10.0. The van der Waals surface area contributed by atoms with Gasteiger partial charge in [-0.1, -0.05) is 12.1 Å². The Hall–Kier alpha value is -3.65. The Kier molecular flexibility index (Phi) is 5.60. The highest BCUT2D eigenvalue weighted by Gasteiger charge is 2.27. The van der Waals surface area contributed by atoms with Gasteiger partial charge in [0.1, 0.15) is 16.3 Å². The van der Waals surface area contributed by atoms with Gasteiger partial charge in [-0.25, -0.2) is 0 Å². The predicted molar refractivity (Wildman–Crippen MR) is 126 cm³/mol. The molecular weight excluding hydrogens is 440 g/mol. The minimum atomic E-state index is -0.559. The number of amides is 2. The molecule has 5 rings (SSSR count). The zero-order valence-electron chi connectivity index (χ0n) is 18.0. The van der Waals surface area contributed by atoms with Crippen LogP contribution in [0.5, 0.6) is 0 Å². The minimum absolute atomic E-state index is 0.0879. The molecule has 0 saturated heterocycles. The standard InChI is InChI=1S/C25H22N2O5S/c1-14-6-4-9-16-18(28)12-19(32-22(14)16)23(29)27-25-21(17-8-2-3-10-20(17)33-25)24(30)26-13-15-7-5-11-31-15/h4-7,9,11-12H,2-3,8,10,13H2,1H3,(H,26,30)(H,27,29). The topological polar surface area (TPSA) is 102 Å². The fraction of sp³-hybridized carbons (Fsp3) is 0.240. The molecule has 0 atom stereocenters. The van der Waals surface area contributed by atoms with Gasteiger partial charge in [0.05, 0.1) is 23.8 Å². The van der Waals surface area contributed by atoms with E-state index in [2.05, 4.69) is 10.6 Å². The highest BCUT2D eigenvalue weighted by atomic mass is 32.1. The van der Waals surface area contributed by atoms with Gasteiger partial charge in [-0.3, -0.25) is 14.4 Å². The molecule has 33 heavy (non-hydrogen) atoms. The summed E-state index contributed by atoms with van der Waals surface area (Å²) in [5.74, 6) is -0.269. The summed E-state index contributed by atoms with van der Waals surface area (Å²) in [4.78, 5) is 39.8. The van der Waals surface area contributed by atoms with Crippen LogP contribution in [0.25, 0.3) is 11.0 Å². The number of hydrogen-bond acceptors (Lipinski definition) is 6. The smallest absolute Gasteiger partial charge is 0.292 e. The van der Waals surface area contributed by atoms with Crippen molar-refractivity contribution in [3.8, 4) is 0 Å². The molecule has 3 aromatic heterocycles. The molecule has 2 amide bonds. The van der Waals surface area contributed by atoms with E-state index in [-0.39, 0.29) is 23.6 Å². The minimum Gasteiger partial charge on any atom is -0.467 e. The van der Waals surface area contributed by atoms with Crippen LogP contribution in [0.1, 0.15) is 55.5 Å². The van der Waals surface area contributed by atoms with Crippen molar-refractivity contribution in [2.24, 2.45) is 0 Å². The molecule has 4 aromatic rings. The molecule has 8 heteroatoms. The van der Waals surface area contributed by atoms with E-state index in [1.54, 1.807) is 30.5 Å². The molecule has 3 heterocycles. The summed E-state index contributed by atoms with van der Waals surface area (Å²) >= 11 is 1.41. The number of carbonyl (C=O) groups excluding carboxylic acids is 2. The molecule has 1 aliphatic rings. The number of para-hydroxylation sites is 1. The zero-order valence-corrected chi connectivity index (χ0v) is 18.8. The maximum absolute atomic E-state index is 13.1. The van der Waals surface area contributed by atoms with E-state index in [1.807, 2.05) is 13.0 Å². The first-order chi connectivity index (χ1) is 16.0. The van der Waals surface area contributed by atoms with Gasteiger partial charge in [-0.15, -0.1) is 11.3 Å². The molecule has 2 N–H and O–H groups in total. The van der Waals surface area contributed by atoms with Gasteiger partial charge in [-0.05, 0) is 61.9 Å². The van der Waals surface area contributed by atoms with Crippen molar-refractivity contribution in [3.63, 3.8) is 0 Å². The Morgan fingerprint density at radius 3 is 2.76 bits per heavy atom. The van der Waals surface area contributed by atoms with Crippen molar-refractivity contribution in [2.75, 3.05) is 5.32 Å². The van der Waals surface area contributed by atoms with E-state index in [0.717, 1.165) is 41.7 Å². The summed E-state index contributed by atoms with van der Waals surface area (Å²) in [7, 11) is 0. The van der Waals surface area contributed by atoms with Crippen LogP contribution in [0.3, 0.4) is 0 Å². The number of rotatable bonds is 5. The van der Waals surface area contributed by atoms with Crippen molar-refractivity contribution in [2.45, 2.75) is 39.2 Å². The van der Waals surface area contributed by atoms with Crippen molar-refractivity contribution in [3.05, 3.63) is 86.0 Å². The highest BCUT2D eigenvalue weighted by Crippen LogP contribution is 2.38. The molecular formula is C25H22N2O5S. The second-order valence-electron chi connectivity index (χ2n) is 8.06. The van der Waals surface area contributed by atoms with Crippen molar-refractivity contribution in [1.82, 2.24) is 5.32 Å². The first kappa shape index (κ1) is 21.2. The van der Waals surface area contributed by atoms with Crippen LogP contribution in [0.15, 0.2) is 56.3 Å². The first-order valence-electron chi connectivity index (χ1n) is 10.8. The molecule has 1 aliphatic carbocycles. The third-order valence-corrected chi connectivity index (χ3v) is 7.01. The van der Waals surface area contributed by atoms with Crippen LogP contribution in [-0.4, -0.2) is 11.8 Å². The van der Waals surface area contributed by atoms with E-state index < -0.39 is 5.91 Å². The van der Waals surface area contributed by atoms with Gasteiger partial charge in [0, 0.05) is 10.9 Å². The molecule has 0 spiro atoms. The van der Waals surface area contributed by atoms with Crippen LogP contribution < -0.4 is 16.1 Å². The van der Waals surface area contributed by atoms with Crippen LogP contribution in [0.2, 0.25) is 0 Å². The Morgan fingerprint density at radius 2 is 1.94 bits per heavy atom. The van der Waals surface area contributed by atoms with E-state index in [0.29, 0.717) is 27.3 Å². The number of fused-ring (bicyclic) bond motifs is 2. The lowest BCUT2D eigenvalue weighted by atomic mass is 9.95. The van der Waals surface area contributed by atoms with Gasteiger partial charge in [-0.2, -0.15) is 0 Å². The summed E-state index contributed by atoms with van der Waals surface area (Å²) in [5, 5.41) is 6.61. The van der Waals surface area contributed by atoms with Gasteiger partial charge in [0.25, 0.3) is 11.8 Å². The quantitative estimate of drug-likeness (QED) is 0.443. The second kappa shape index (κ2) is 8.71. The Morgan fingerprint density at radius 1 is 1.09 bits per heavy atom. The third kappa shape index (κ3) is 4.09. The molecule has 0 saturated carbocycles. The average molecular weight is 463 g/mol. The van der Waals surface area contributed by atoms with E-state index in [1.165, 1.54) is 17.4 Å². The third-order valence-electron chi connectivity index (χ3n) is 5.80. The largest absolute Gasteiger partial charge is 0.467 e. The summed E-state index contributed by atoms with van der Waals surface area (Å²) in [5.41, 5.74) is 2.33. The fourth-order valence-corrected chi connectivity index (χ4v) is 5.44. The van der Waals surface area contributed by atoms with Crippen molar-refractivity contribution < 1.29 is 18.4 Å². The van der Waals surface area contributed by atoms with Crippen molar-refractivity contribution >= 4 is 39.1 Å². The lowest BCUT2D eigenvalue weighted by Gasteiger charge is -2.13. The van der Waals surface area contributed by atoms with E-state index in [4.69, 9.17) is 8.83 Å². The number of nitrogens with one attached hydrogen (secondary N) is 2. The monoisotopic (exact) mass is 462 g/mol. The molecule has 0 aliphatic heterocycles. The van der Waals surface area contributed by atoms with Crippen LogP contribution in [0, 0.1) is 6.92 Å². The Balaban J connectivity index is 1.47. The Bertz CT molecular complexity index is 1410. The lowest BCUT2D eigenvalue weighted by molar-refractivity contribution is 0.0948. The lowest BCUT2D eigenvalue weighted by Crippen LogP contribution is -2.25. The number of furan rings is 1. The number of thiophene rings is 1. The summed E-state index contributed by atoms with van der Waals surface area (Å²) < 4.78 is 11.1. The summed E-state index contributed by atoms with van der Waals surface area (Å²) in [6.07, 6.45) is 5.26. The first-order valence-corrected chi connectivity index (χ1v) is 11.6. The Labute approximate surface area is 193 Å². The molecule has 0 unspecified atom stereocenters. The fourth-order valence-electron chi connectivity index (χ4n) is 4.16. The number of anilines is 1. The van der Waals surface area contributed by atoms with Crippen LogP contribution in [0.4, 0.5) is 5.00 Å². The molecule has 0 radical (unpaired) electrons. The van der Waals surface area contributed by atoms with Gasteiger partial charge in [0.15, 0.2) is 11.2 Å². The molecule has 7 nitrogen and oxygen atoms in total. The van der Waals surface area contributed by atoms with Gasteiger partial charge < -0.3 is 19.5 Å². The van der Waals surface area contributed by atoms with Crippen LogP contribution in [-0.2, 0) is 19.4 Å². The molecule has 1 aromatic carbocycles. The number of benzene rings is 1. The highest BCUT2D eigenvalue weighted by molar-refractivity contribution is 7.17. The molecule has 168 valence electrons. The molecule has 0 bridgehead atoms. The number of hydrogen-bond donors (Lipinski definition) is 2. The van der Waals surface area contributed by atoms with Gasteiger partial charge >= 0.3 is 0 Å². The van der Waals surface area contributed by atoms with E-state index in [9.17, 15) is 14.4 Å². The average Bonchev–Trinajstić information content (AvgIpc) is 3.45. The maximum atomic E-state index is 13.1. The number of carbonyl (C=O) groups is 2. The number of aryl methyl sites for hydroxylation is 2. The molecule has 0 fully saturated rings. The normalized spacial score (nSPS) is 13.0. The maximum Gasteiger partial charge on any atom is 0.292 e. The zero-order chi connectivity index (χ0) is 22.9. The van der Waals surface area contributed by atoms with Crippen molar-refractivity contribution in [1.29, 1.82) is 0 Å². The SMILES string of the molecule is Cc1cccc2c(=O)cc(C(=O)Nc3sc4c(c3C(=O)NCc3ccco3)CCCC4)oc12.